The number of rotatable bonds is 29. The molecular weight excluding hydrogens is 2150 g/mol. The summed E-state index contributed by atoms with van der Waals surface area (Å²) in [6.07, 6.45) is 6.51. The number of benzene rings is 10. The summed E-state index contributed by atoms with van der Waals surface area (Å²) in [7, 11) is 0. The van der Waals surface area contributed by atoms with Gasteiger partial charge >= 0.3 is 0 Å². The highest BCUT2D eigenvalue weighted by molar-refractivity contribution is 9.12. The lowest BCUT2D eigenvalue weighted by molar-refractivity contribution is 0.246. The van der Waals surface area contributed by atoms with Gasteiger partial charge in [0.05, 0.1) is 79.7 Å². The quantitative estimate of drug-likeness (QED) is 0.0339. The molecule has 0 fully saturated rings. The molecule has 0 amide bonds. The monoisotopic (exact) mass is 2210 g/mol. The SMILES string of the molecule is Brc1ccc2c(Br)c(OCCCOc3ccc4cc(Br)ccc4c3Br)ccc2c1.CC(C)(c1cc(Br)c(OCCCBr)c(Br)c1)c1cc(Br)c(OCCCBr)c(Br)c1.CCCOc1cc(Cl)cc(Cl)c1.CCOc1cc(Cl)cc(Cl)c1.Clc1cc(Cl)cc(OCCCCCOc2cc(Cl)cc(Cl)c2)c1. The second kappa shape index (κ2) is 48.2. The molecule has 8 nitrogen and oxygen atoms in total. The van der Waals surface area contributed by atoms with Gasteiger partial charge in [-0.1, -0.05) is 202 Å². The number of halogens is 18. The molecule has 0 heterocycles. The van der Waals surface area contributed by atoms with Gasteiger partial charge in [-0.05, 0) is 307 Å². The summed E-state index contributed by atoms with van der Waals surface area (Å²) in [5, 5.41) is 11.1. The van der Waals surface area contributed by atoms with Crippen LogP contribution in [-0.4, -0.2) is 63.5 Å². The van der Waals surface area contributed by atoms with Gasteiger partial charge < -0.3 is 37.9 Å². The van der Waals surface area contributed by atoms with Crippen LogP contribution in [0.2, 0.25) is 40.2 Å². The first-order valence-corrected chi connectivity index (χ1v) is 44.1. The van der Waals surface area contributed by atoms with Crippen LogP contribution < -0.4 is 37.9 Å². The fourth-order valence-electron chi connectivity index (χ4n) is 9.47. The molecule has 0 aliphatic carbocycles. The Morgan fingerprint density at radius 1 is 0.308 bits per heavy atom. The molecule has 10 rings (SSSR count). The van der Waals surface area contributed by atoms with Crippen LogP contribution >= 0.6 is 252 Å². The molecule has 0 spiro atoms. The van der Waals surface area contributed by atoms with Gasteiger partial charge in [-0.2, -0.15) is 0 Å². The number of hydrogen-bond acceptors (Lipinski definition) is 8. The molecule has 0 N–H and O–H groups in total. The molecule has 0 atom stereocenters. The summed E-state index contributed by atoms with van der Waals surface area (Å²) >= 11 is 82.6. The van der Waals surface area contributed by atoms with Crippen LogP contribution in [0.5, 0.6) is 46.0 Å². The van der Waals surface area contributed by atoms with Crippen LogP contribution in [-0.2, 0) is 5.41 Å². The van der Waals surface area contributed by atoms with Crippen molar-refractivity contribution < 1.29 is 37.9 Å². The Bertz CT molecular complexity index is 4050. The predicted molar refractivity (Wildman–Crippen MR) is 476 cm³/mol. The first-order valence-electron chi connectivity index (χ1n) is 32.4. The Morgan fingerprint density at radius 2 is 0.615 bits per heavy atom. The minimum Gasteiger partial charge on any atom is -0.494 e. The highest BCUT2D eigenvalue weighted by Gasteiger charge is 2.28. The van der Waals surface area contributed by atoms with Gasteiger partial charge in [-0.25, -0.2) is 0 Å². The smallest absolute Gasteiger partial charge is 0.147 e. The van der Waals surface area contributed by atoms with Crippen molar-refractivity contribution in [1.82, 2.24) is 0 Å². The Balaban J connectivity index is 0.000000214. The first kappa shape index (κ1) is 91.1. The topological polar surface area (TPSA) is 73.8 Å². The minimum absolute atomic E-state index is 0.223. The third kappa shape index (κ3) is 31.4. The van der Waals surface area contributed by atoms with E-state index in [0.717, 1.165) is 142 Å². The molecule has 0 unspecified atom stereocenters. The summed E-state index contributed by atoms with van der Waals surface area (Å²) < 4.78 is 53.4. The van der Waals surface area contributed by atoms with Crippen molar-refractivity contribution in [2.24, 2.45) is 0 Å². The van der Waals surface area contributed by atoms with Crippen molar-refractivity contribution in [1.29, 1.82) is 0 Å². The zero-order valence-corrected chi connectivity index (χ0v) is 78.5. The standard InChI is InChI=1S/C23H16Br4O2.C21H22Br6O2.C17H16Cl4O2.C9H10Cl2O.C8H8Cl2O/c24-16-4-6-18-14(12-16)2-8-20(22(18)26)28-10-1-11-29-21-9-3-15-13-17(25)5-7-19(15)23(21)27;1-21(2,13-9-15(24)19(16(25)10-13)28-7-3-5-22)14-11-17(26)20(18(27)12-14)29-8-4-6-23;18-12-6-13(19)9-16(8-12)22-4-2-1-3-5-23-17-10-14(20)7-15(21)11-17;1-2-3-12-9-5-7(10)4-8(11)6-9;1-2-11-8-4-6(9)3-7(10)5-8/h2-9,12-13H,1,10-11H2;9-12H,3-8H2,1-2H3;6-11H,1-5H2;4-6H,2-3H2,1H3;3-5H,2H2,1H3. The maximum Gasteiger partial charge on any atom is 0.147 e. The molecule has 0 saturated heterocycles. The number of hydrogen-bond donors (Lipinski definition) is 0. The zero-order chi connectivity index (χ0) is 75.9. The van der Waals surface area contributed by atoms with Crippen LogP contribution in [0.1, 0.15) is 83.8 Å². The van der Waals surface area contributed by atoms with Crippen LogP contribution in [0.15, 0.2) is 194 Å². The summed E-state index contributed by atoms with van der Waals surface area (Å²) in [6, 6.07) is 49.8. The fourth-order valence-corrected chi connectivity index (χ4v) is 16.8. The average molecular weight is 2220 g/mol. The van der Waals surface area contributed by atoms with E-state index in [1.165, 1.54) is 11.1 Å². The van der Waals surface area contributed by atoms with E-state index in [0.29, 0.717) is 110 Å². The van der Waals surface area contributed by atoms with Crippen LogP contribution in [0.3, 0.4) is 0 Å². The van der Waals surface area contributed by atoms with Crippen molar-refractivity contribution >= 4 is 274 Å². The van der Waals surface area contributed by atoms with E-state index in [1.807, 2.05) is 38.1 Å². The predicted octanol–water partition coefficient (Wildman–Crippen LogP) is 32.4. The van der Waals surface area contributed by atoms with Gasteiger partial charge in [0.2, 0.25) is 0 Å². The van der Waals surface area contributed by atoms with Crippen LogP contribution in [0.25, 0.3) is 21.5 Å². The third-order valence-corrected chi connectivity index (χ3v) is 22.4. The molecule has 0 aromatic heterocycles. The minimum atomic E-state index is -0.223. The maximum absolute atomic E-state index is 5.97. The molecular formula is C78H72Br10Cl8O8. The van der Waals surface area contributed by atoms with Crippen LogP contribution in [0.4, 0.5) is 0 Å². The van der Waals surface area contributed by atoms with Crippen LogP contribution in [0, 0.1) is 0 Å². The summed E-state index contributed by atoms with van der Waals surface area (Å²) in [4.78, 5) is 0. The Morgan fingerprint density at radius 3 is 0.933 bits per heavy atom. The molecule has 10 aromatic carbocycles. The largest absolute Gasteiger partial charge is 0.494 e. The molecule has 0 aliphatic rings. The van der Waals surface area contributed by atoms with Crippen molar-refractivity contribution in [3.63, 3.8) is 0 Å². The highest BCUT2D eigenvalue weighted by Crippen LogP contribution is 2.45. The van der Waals surface area contributed by atoms with Gasteiger partial charge in [0, 0.05) is 71.6 Å². The summed E-state index contributed by atoms with van der Waals surface area (Å²) in [5.74, 6) is 6.18. The normalized spacial score (nSPS) is 10.9. The van der Waals surface area contributed by atoms with E-state index >= 15 is 0 Å². The molecule has 558 valence electrons. The second-order valence-corrected chi connectivity index (χ2v) is 34.9. The van der Waals surface area contributed by atoms with Crippen molar-refractivity contribution in [3.05, 3.63) is 245 Å². The van der Waals surface area contributed by atoms with E-state index in [2.05, 4.69) is 234 Å². The Labute approximate surface area is 734 Å². The number of alkyl halides is 2. The van der Waals surface area contributed by atoms with Crippen molar-refractivity contribution in [2.75, 3.05) is 63.5 Å². The second-order valence-electron chi connectivity index (χ2n) is 22.9. The van der Waals surface area contributed by atoms with E-state index in [1.54, 1.807) is 72.8 Å². The molecule has 26 heteroatoms. The summed E-state index contributed by atoms with van der Waals surface area (Å²) in [5.41, 5.74) is 2.13. The molecule has 0 aliphatic heterocycles. The summed E-state index contributed by atoms with van der Waals surface area (Å²) in [6.45, 7) is 13.4. The number of fused-ring (bicyclic) bond motifs is 2. The lowest BCUT2D eigenvalue weighted by Gasteiger charge is -2.28. The number of unbranched alkanes of at least 4 members (excludes halogenated alkanes) is 2. The van der Waals surface area contributed by atoms with Gasteiger partial charge in [-0.3, -0.25) is 0 Å². The van der Waals surface area contributed by atoms with Gasteiger partial charge in [0.15, 0.2) is 0 Å². The highest BCUT2D eigenvalue weighted by atomic mass is 79.9. The van der Waals surface area contributed by atoms with Gasteiger partial charge in [0.25, 0.3) is 0 Å². The van der Waals surface area contributed by atoms with E-state index in [9.17, 15) is 0 Å². The van der Waals surface area contributed by atoms with E-state index in [4.69, 9.17) is 131 Å². The fraction of sp³-hybridized carbons (Fsp3) is 0.282. The van der Waals surface area contributed by atoms with E-state index < -0.39 is 0 Å². The molecule has 104 heavy (non-hydrogen) atoms. The zero-order valence-electron chi connectivity index (χ0n) is 56.6. The average Bonchev–Trinajstić information content (AvgIpc) is 0.779. The molecule has 0 radical (unpaired) electrons. The number of ether oxygens (including phenoxy) is 8. The molecule has 10 aromatic rings. The van der Waals surface area contributed by atoms with Gasteiger partial charge in [0.1, 0.15) is 46.0 Å². The van der Waals surface area contributed by atoms with E-state index in [-0.39, 0.29) is 5.41 Å². The van der Waals surface area contributed by atoms with Crippen molar-refractivity contribution in [2.45, 2.75) is 78.1 Å². The Hall–Kier alpha value is -1.76. The Kier molecular flexibility index (Phi) is 42.3. The maximum atomic E-state index is 5.97. The lowest BCUT2D eigenvalue weighted by atomic mass is 9.78. The molecule has 0 saturated carbocycles. The first-order chi connectivity index (χ1) is 49.7. The van der Waals surface area contributed by atoms with Crippen molar-refractivity contribution in [3.8, 4) is 46.0 Å². The third-order valence-electron chi connectivity index (χ3n) is 14.5. The molecule has 0 bridgehead atoms. The lowest BCUT2D eigenvalue weighted by Crippen LogP contribution is -2.19. The van der Waals surface area contributed by atoms with Gasteiger partial charge in [-0.15, -0.1) is 0 Å².